The highest BCUT2D eigenvalue weighted by Gasteiger charge is 2.46. The molecular formula is C15H25N5O. The third-order valence-corrected chi connectivity index (χ3v) is 5.29. The molecule has 0 bridgehead atoms. The van der Waals surface area contributed by atoms with Gasteiger partial charge in [-0.05, 0) is 39.8 Å². The van der Waals surface area contributed by atoms with E-state index in [2.05, 4.69) is 26.8 Å². The lowest BCUT2D eigenvalue weighted by Crippen LogP contribution is -2.61. The topological polar surface area (TPSA) is 78.5 Å². The highest BCUT2D eigenvalue weighted by molar-refractivity contribution is 5.44. The Bertz CT molecular complexity index is 523. The number of aryl methyl sites for hydroxylation is 1. The van der Waals surface area contributed by atoms with Crippen molar-refractivity contribution in [1.82, 2.24) is 14.9 Å². The SMILES string of the molecule is Cc1cnc(N2CC[C@@]3(CO)CCCN(C)[C@@H]3C2)nc1N. The lowest BCUT2D eigenvalue weighted by Gasteiger charge is -2.53. The normalized spacial score (nSPS) is 30.2. The first-order valence-electron chi connectivity index (χ1n) is 7.71. The first kappa shape index (κ1) is 14.5. The van der Waals surface area contributed by atoms with Crippen LogP contribution >= 0.6 is 0 Å². The molecule has 1 aromatic heterocycles. The van der Waals surface area contributed by atoms with Crippen molar-refractivity contribution in [2.75, 3.05) is 43.9 Å². The average molecular weight is 291 g/mol. The fraction of sp³-hybridized carbons (Fsp3) is 0.733. The van der Waals surface area contributed by atoms with Gasteiger partial charge in [0.25, 0.3) is 0 Å². The van der Waals surface area contributed by atoms with Crippen LogP contribution in [0.4, 0.5) is 11.8 Å². The molecule has 2 saturated heterocycles. The summed E-state index contributed by atoms with van der Waals surface area (Å²) < 4.78 is 0. The van der Waals surface area contributed by atoms with Crippen molar-refractivity contribution in [2.24, 2.45) is 5.41 Å². The molecule has 0 aromatic carbocycles. The van der Waals surface area contributed by atoms with E-state index in [1.165, 1.54) is 6.42 Å². The molecule has 0 aliphatic carbocycles. The molecule has 116 valence electrons. The maximum atomic E-state index is 9.94. The van der Waals surface area contributed by atoms with E-state index in [0.29, 0.717) is 17.8 Å². The number of anilines is 2. The van der Waals surface area contributed by atoms with Crippen LogP contribution in [0.25, 0.3) is 0 Å². The molecule has 21 heavy (non-hydrogen) atoms. The summed E-state index contributed by atoms with van der Waals surface area (Å²) in [7, 11) is 2.15. The molecule has 6 nitrogen and oxygen atoms in total. The van der Waals surface area contributed by atoms with Crippen LogP contribution < -0.4 is 10.6 Å². The highest BCUT2D eigenvalue weighted by Crippen LogP contribution is 2.42. The number of piperidine rings is 2. The number of aromatic nitrogens is 2. The quantitative estimate of drug-likeness (QED) is 0.833. The minimum Gasteiger partial charge on any atom is -0.396 e. The summed E-state index contributed by atoms with van der Waals surface area (Å²) in [5, 5.41) is 9.94. The number of nitrogens with zero attached hydrogens (tertiary/aromatic N) is 4. The van der Waals surface area contributed by atoms with E-state index in [1.54, 1.807) is 6.20 Å². The van der Waals surface area contributed by atoms with Crippen LogP contribution in [0.15, 0.2) is 6.20 Å². The Morgan fingerprint density at radius 1 is 1.43 bits per heavy atom. The molecule has 0 amide bonds. The fourth-order valence-electron chi connectivity index (χ4n) is 3.80. The first-order chi connectivity index (χ1) is 10.1. The molecule has 3 heterocycles. The van der Waals surface area contributed by atoms with Crippen LogP contribution in [0.5, 0.6) is 0 Å². The van der Waals surface area contributed by atoms with Gasteiger partial charge < -0.3 is 20.6 Å². The smallest absolute Gasteiger partial charge is 0.227 e. The van der Waals surface area contributed by atoms with Gasteiger partial charge in [-0.2, -0.15) is 4.98 Å². The van der Waals surface area contributed by atoms with Crippen LogP contribution in [0, 0.1) is 12.3 Å². The van der Waals surface area contributed by atoms with Crippen molar-refractivity contribution in [1.29, 1.82) is 0 Å². The van der Waals surface area contributed by atoms with Gasteiger partial charge in [0.05, 0.1) is 6.61 Å². The molecule has 2 fully saturated rings. The molecule has 0 radical (unpaired) electrons. The zero-order valence-corrected chi connectivity index (χ0v) is 12.9. The maximum absolute atomic E-state index is 9.94. The number of hydrogen-bond donors (Lipinski definition) is 2. The van der Waals surface area contributed by atoms with Crippen molar-refractivity contribution in [3.05, 3.63) is 11.8 Å². The Morgan fingerprint density at radius 2 is 2.24 bits per heavy atom. The van der Waals surface area contributed by atoms with E-state index >= 15 is 0 Å². The van der Waals surface area contributed by atoms with Gasteiger partial charge in [-0.3, -0.25) is 0 Å². The van der Waals surface area contributed by atoms with Gasteiger partial charge in [-0.15, -0.1) is 0 Å². The summed E-state index contributed by atoms with van der Waals surface area (Å²) in [6, 6.07) is 0.358. The number of fused-ring (bicyclic) bond motifs is 1. The van der Waals surface area contributed by atoms with E-state index in [9.17, 15) is 5.11 Å². The van der Waals surface area contributed by atoms with Crippen molar-refractivity contribution in [2.45, 2.75) is 32.2 Å². The van der Waals surface area contributed by atoms with Crippen LogP contribution in [-0.4, -0.2) is 59.3 Å². The zero-order valence-electron chi connectivity index (χ0n) is 12.9. The molecule has 6 heteroatoms. The average Bonchev–Trinajstić information content (AvgIpc) is 2.50. The van der Waals surface area contributed by atoms with Crippen LogP contribution in [0.1, 0.15) is 24.8 Å². The molecule has 3 N–H and O–H groups in total. The van der Waals surface area contributed by atoms with Gasteiger partial charge >= 0.3 is 0 Å². The highest BCUT2D eigenvalue weighted by atomic mass is 16.3. The Labute approximate surface area is 126 Å². The zero-order chi connectivity index (χ0) is 15.0. The Morgan fingerprint density at radius 3 is 2.95 bits per heavy atom. The lowest BCUT2D eigenvalue weighted by molar-refractivity contribution is -0.0278. The maximum Gasteiger partial charge on any atom is 0.227 e. The number of aliphatic hydroxyl groups is 1. The van der Waals surface area contributed by atoms with Gasteiger partial charge in [0.2, 0.25) is 5.95 Å². The number of nitrogens with two attached hydrogens (primary N) is 1. The monoisotopic (exact) mass is 291 g/mol. The molecule has 1 aromatic rings. The second kappa shape index (κ2) is 5.42. The second-order valence-electron chi connectivity index (χ2n) is 6.55. The largest absolute Gasteiger partial charge is 0.396 e. The Kier molecular flexibility index (Phi) is 3.75. The van der Waals surface area contributed by atoms with Gasteiger partial charge in [0, 0.05) is 36.3 Å². The van der Waals surface area contributed by atoms with E-state index in [0.717, 1.165) is 38.0 Å². The molecule has 3 rings (SSSR count). The molecule has 0 spiro atoms. The summed E-state index contributed by atoms with van der Waals surface area (Å²) in [4.78, 5) is 13.4. The predicted molar refractivity (Wildman–Crippen MR) is 83.2 cm³/mol. The molecule has 0 unspecified atom stereocenters. The number of likely N-dealkylation sites (tertiary alicyclic amines) is 1. The van der Waals surface area contributed by atoms with Gasteiger partial charge in [-0.1, -0.05) is 0 Å². The number of nitrogen functional groups attached to an aromatic ring is 1. The van der Waals surface area contributed by atoms with E-state index in [4.69, 9.17) is 5.73 Å². The molecular weight excluding hydrogens is 266 g/mol. The van der Waals surface area contributed by atoms with Crippen LogP contribution in [0.3, 0.4) is 0 Å². The van der Waals surface area contributed by atoms with Crippen molar-refractivity contribution in [3.63, 3.8) is 0 Å². The van der Waals surface area contributed by atoms with Gasteiger partial charge in [0.1, 0.15) is 5.82 Å². The summed E-state index contributed by atoms with van der Waals surface area (Å²) in [6.45, 7) is 5.03. The molecule has 2 atom stereocenters. The number of likely N-dealkylation sites (N-methyl/N-ethyl adjacent to an activating group) is 1. The Hall–Kier alpha value is -1.40. The van der Waals surface area contributed by atoms with Crippen molar-refractivity contribution in [3.8, 4) is 0 Å². The third kappa shape index (κ3) is 2.46. The minimum absolute atomic E-state index is 0.0414. The van der Waals surface area contributed by atoms with Gasteiger partial charge in [0.15, 0.2) is 0 Å². The summed E-state index contributed by atoms with van der Waals surface area (Å²) in [5.41, 5.74) is 6.86. The standard InChI is InChI=1S/C15H25N5O/c1-11-8-17-14(18-13(11)16)20-7-5-15(10-21)4-3-6-19(2)12(15)9-20/h8,12,21H,3-7,9-10H2,1-2H3,(H2,16,17,18)/t12-,15-/m1/s1. The van der Waals surface area contributed by atoms with E-state index < -0.39 is 0 Å². The molecule has 0 saturated carbocycles. The molecule has 2 aliphatic heterocycles. The number of hydrogen-bond acceptors (Lipinski definition) is 6. The Balaban J connectivity index is 1.83. The lowest BCUT2D eigenvalue weighted by atomic mass is 9.69. The predicted octanol–water partition coefficient (Wildman–Crippen LogP) is 0.650. The van der Waals surface area contributed by atoms with Crippen molar-refractivity contribution < 1.29 is 5.11 Å². The summed E-state index contributed by atoms with van der Waals surface area (Å²) in [6.07, 6.45) is 5.05. The summed E-state index contributed by atoms with van der Waals surface area (Å²) in [5.74, 6) is 1.26. The number of rotatable bonds is 2. The minimum atomic E-state index is 0.0414. The summed E-state index contributed by atoms with van der Waals surface area (Å²) >= 11 is 0. The van der Waals surface area contributed by atoms with E-state index in [1.807, 2.05) is 6.92 Å². The van der Waals surface area contributed by atoms with Crippen LogP contribution in [0.2, 0.25) is 0 Å². The van der Waals surface area contributed by atoms with E-state index in [-0.39, 0.29) is 12.0 Å². The first-order valence-corrected chi connectivity index (χ1v) is 7.71. The third-order valence-electron chi connectivity index (χ3n) is 5.29. The fourth-order valence-corrected chi connectivity index (χ4v) is 3.80. The second-order valence-corrected chi connectivity index (χ2v) is 6.55. The van der Waals surface area contributed by atoms with Gasteiger partial charge in [-0.25, -0.2) is 4.98 Å². The number of aliphatic hydroxyl groups excluding tert-OH is 1. The van der Waals surface area contributed by atoms with Crippen molar-refractivity contribution >= 4 is 11.8 Å². The molecule has 2 aliphatic rings. The van der Waals surface area contributed by atoms with Crippen LogP contribution in [-0.2, 0) is 0 Å².